The van der Waals surface area contributed by atoms with Crippen molar-refractivity contribution >= 4 is 31.0 Å². The summed E-state index contributed by atoms with van der Waals surface area (Å²) in [5.74, 6) is 4.44. The molecule has 0 spiro atoms. The molecule has 0 aliphatic carbocycles. The van der Waals surface area contributed by atoms with Crippen molar-refractivity contribution in [1.82, 2.24) is 0 Å². The summed E-state index contributed by atoms with van der Waals surface area (Å²) in [6.07, 6.45) is 0. The molecule has 0 saturated carbocycles. The smallest absolute Gasteiger partial charge is 0.0324 e. The molecule has 0 aromatic heterocycles. The van der Waals surface area contributed by atoms with Crippen LogP contribution in [0.4, 0.5) is 0 Å². The fourth-order valence-corrected chi connectivity index (χ4v) is 0. The molecular formula is H3Cl2NOS. The third-order valence-electron chi connectivity index (χ3n) is 0.0797. The van der Waals surface area contributed by atoms with Crippen molar-refractivity contribution in [1.29, 1.82) is 0 Å². The van der Waals surface area contributed by atoms with Gasteiger partial charge in [0.15, 0.2) is 0 Å². The Bertz CT molecular complexity index is 23.6. The number of thiol groups is 1. The second-order valence-corrected chi connectivity index (χ2v) is 3.28. The van der Waals surface area contributed by atoms with E-state index in [0.29, 0.717) is 0 Å². The van der Waals surface area contributed by atoms with Crippen molar-refractivity contribution in [2.24, 2.45) is 5.90 Å². The molecule has 0 radical (unpaired) electrons. The standard InChI is InChI=1S/Cl2H3NOS/c1-5(2)4-3/h5H,3H2. The molecule has 0 unspecified atom stereocenters. The first-order valence-corrected chi connectivity index (χ1v) is 3.83. The van der Waals surface area contributed by atoms with Gasteiger partial charge in [0.1, 0.15) is 0 Å². The summed E-state index contributed by atoms with van der Waals surface area (Å²) in [6.45, 7) is 0. The van der Waals surface area contributed by atoms with E-state index in [9.17, 15) is 0 Å². The van der Waals surface area contributed by atoms with E-state index in [1.807, 2.05) is 0 Å². The highest BCUT2D eigenvalue weighted by molar-refractivity contribution is 8.49. The highest BCUT2D eigenvalue weighted by Crippen LogP contribution is 2.34. The SMILES string of the molecule is NO[SH](Cl)Cl. The van der Waals surface area contributed by atoms with Crippen LogP contribution in [0.5, 0.6) is 0 Å². The minimum Gasteiger partial charge on any atom is -0.231 e. The van der Waals surface area contributed by atoms with Crippen LogP contribution >= 0.6 is 31.0 Å². The number of hydrogen-bond acceptors (Lipinski definition) is 2. The third-order valence-corrected chi connectivity index (χ3v) is 0.717. The van der Waals surface area contributed by atoms with Crippen LogP contribution < -0.4 is 5.90 Å². The van der Waals surface area contributed by atoms with Gasteiger partial charge >= 0.3 is 0 Å². The lowest BCUT2D eigenvalue weighted by molar-refractivity contribution is 0.401. The minimum atomic E-state index is -1.38. The molecule has 0 fully saturated rings. The van der Waals surface area contributed by atoms with Gasteiger partial charge in [-0.05, 0) is 21.4 Å². The predicted octanol–water partition coefficient (Wildman–Crippen LogP) is 1.10. The molecule has 5 heavy (non-hydrogen) atoms. The monoisotopic (exact) mass is 135 g/mol. The van der Waals surface area contributed by atoms with Gasteiger partial charge in [0.25, 0.3) is 0 Å². The number of nitrogens with two attached hydrogens (primary N) is 1. The Morgan fingerprint density at radius 3 is 1.80 bits per heavy atom. The third kappa shape index (κ3) is 4.85. The fraction of sp³-hybridized carbons (Fsp3) is 0. The molecule has 2 nitrogen and oxygen atoms in total. The molecule has 34 valence electrons. The fourth-order valence-electron chi connectivity index (χ4n) is 0. The summed E-state index contributed by atoms with van der Waals surface area (Å²) in [6, 6.07) is 0. The van der Waals surface area contributed by atoms with Crippen molar-refractivity contribution in [3.05, 3.63) is 0 Å². The lowest BCUT2D eigenvalue weighted by Gasteiger charge is -1.92. The topological polar surface area (TPSA) is 35.2 Å². The largest absolute Gasteiger partial charge is 0.231 e. The second-order valence-electron chi connectivity index (χ2n) is 0.307. The summed E-state index contributed by atoms with van der Waals surface area (Å²) >= 11 is 0. The van der Waals surface area contributed by atoms with E-state index in [1.54, 1.807) is 0 Å². The molecule has 0 aliphatic heterocycles. The van der Waals surface area contributed by atoms with E-state index in [-0.39, 0.29) is 0 Å². The van der Waals surface area contributed by atoms with Gasteiger partial charge in [-0.2, -0.15) is 0 Å². The van der Waals surface area contributed by atoms with Crippen LogP contribution in [0.3, 0.4) is 0 Å². The lowest BCUT2D eigenvalue weighted by Crippen LogP contribution is -1.85. The van der Waals surface area contributed by atoms with E-state index in [2.05, 4.69) is 10.2 Å². The van der Waals surface area contributed by atoms with Crippen LogP contribution in [0.2, 0.25) is 0 Å². The van der Waals surface area contributed by atoms with Crippen LogP contribution in [0, 0.1) is 0 Å². The zero-order valence-corrected chi connectivity index (χ0v) is 4.60. The molecule has 0 aromatic carbocycles. The van der Waals surface area contributed by atoms with E-state index in [1.165, 1.54) is 0 Å². The van der Waals surface area contributed by atoms with Gasteiger partial charge in [-0.15, -0.1) is 0 Å². The zero-order chi connectivity index (χ0) is 4.28. The van der Waals surface area contributed by atoms with Crippen LogP contribution in [0.1, 0.15) is 0 Å². The van der Waals surface area contributed by atoms with Crippen molar-refractivity contribution in [3.63, 3.8) is 0 Å². The average molecular weight is 136 g/mol. The Kier molecular flexibility index (Phi) is 3.58. The molecule has 0 rings (SSSR count). The number of rotatable bonds is 1. The van der Waals surface area contributed by atoms with Gasteiger partial charge in [0, 0.05) is 9.60 Å². The Hall–Kier alpha value is 0.850. The molecule has 0 amide bonds. The average Bonchev–Trinajstić information content (AvgIpc) is 1.38. The van der Waals surface area contributed by atoms with Gasteiger partial charge in [0.05, 0.1) is 0 Å². The molecule has 0 aliphatic rings. The minimum absolute atomic E-state index is 1.38. The maximum absolute atomic E-state index is 4.95. The second kappa shape index (κ2) is 3.06. The first kappa shape index (κ1) is 5.85. The van der Waals surface area contributed by atoms with Crippen LogP contribution in [0.15, 0.2) is 0 Å². The van der Waals surface area contributed by atoms with Gasteiger partial charge in [-0.1, -0.05) is 0 Å². The van der Waals surface area contributed by atoms with Gasteiger partial charge in [-0.25, -0.2) is 10.2 Å². The Balaban J connectivity index is 2.54. The summed E-state index contributed by atoms with van der Waals surface area (Å²) in [7, 11) is 8.51. The van der Waals surface area contributed by atoms with Crippen molar-refractivity contribution < 1.29 is 4.28 Å². The highest BCUT2D eigenvalue weighted by atomic mass is 36.0. The van der Waals surface area contributed by atoms with E-state index in [0.717, 1.165) is 0 Å². The van der Waals surface area contributed by atoms with E-state index >= 15 is 0 Å². The molecule has 0 saturated heterocycles. The normalized spacial score (nSPS) is 11.4. The summed E-state index contributed by atoms with van der Waals surface area (Å²) in [5.41, 5.74) is 0. The first-order chi connectivity index (χ1) is 2.27. The van der Waals surface area contributed by atoms with Gasteiger partial charge in [-0.3, -0.25) is 0 Å². The Labute approximate surface area is 41.7 Å². The Morgan fingerprint density at radius 1 is 1.60 bits per heavy atom. The predicted molar refractivity (Wildman–Crippen MR) is 26.0 cm³/mol. The maximum atomic E-state index is 4.95. The molecule has 0 heterocycles. The molecular weight excluding hydrogens is 133 g/mol. The lowest BCUT2D eigenvalue weighted by atomic mass is 13.6. The van der Waals surface area contributed by atoms with Gasteiger partial charge in [0.2, 0.25) is 0 Å². The Morgan fingerprint density at radius 2 is 1.80 bits per heavy atom. The van der Waals surface area contributed by atoms with Crippen LogP contribution in [-0.2, 0) is 4.28 Å². The number of halogens is 2. The van der Waals surface area contributed by atoms with Crippen molar-refractivity contribution in [2.45, 2.75) is 0 Å². The molecule has 0 aromatic rings. The van der Waals surface area contributed by atoms with Crippen molar-refractivity contribution in [3.8, 4) is 0 Å². The quantitative estimate of drug-likeness (QED) is 0.418. The summed E-state index contributed by atoms with van der Waals surface area (Å²) in [4.78, 5) is 0. The van der Waals surface area contributed by atoms with E-state index in [4.69, 9.17) is 21.4 Å². The van der Waals surface area contributed by atoms with Crippen molar-refractivity contribution in [2.75, 3.05) is 0 Å². The molecule has 0 atom stereocenters. The van der Waals surface area contributed by atoms with Crippen LogP contribution in [-0.4, -0.2) is 0 Å². The van der Waals surface area contributed by atoms with Gasteiger partial charge < -0.3 is 0 Å². The molecule has 0 bridgehead atoms. The summed E-state index contributed by atoms with van der Waals surface area (Å²) < 4.78 is 3.85. The highest BCUT2D eigenvalue weighted by Gasteiger charge is 1.79. The van der Waals surface area contributed by atoms with E-state index < -0.39 is 9.60 Å². The number of hydrogen-bond donors (Lipinski definition) is 2. The maximum Gasteiger partial charge on any atom is 0.0324 e. The zero-order valence-electron chi connectivity index (χ0n) is 2.19. The molecule has 5 heteroatoms. The summed E-state index contributed by atoms with van der Waals surface area (Å²) in [5, 5.41) is 0. The van der Waals surface area contributed by atoms with Crippen LogP contribution in [0.25, 0.3) is 0 Å². The first-order valence-electron chi connectivity index (χ1n) is 0.756. The molecule has 2 N–H and O–H groups in total.